The van der Waals surface area contributed by atoms with Crippen LogP contribution in [0.2, 0.25) is 0 Å². The van der Waals surface area contributed by atoms with Crippen LogP contribution in [0.15, 0.2) is 18.3 Å². The average molecular weight is 187 g/mol. The lowest BCUT2D eigenvalue weighted by molar-refractivity contribution is 0.269. The third-order valence-corrected chi connectivity index (χ3v) is 1.52. The highest BCUT2D eigenvalue weighted by Crippen LogP contribution is 2.16. The summed E-state index contributed by atoms with van der Waals surface area (Å²) in [5.41, 5.74) is 6.49. The van der Waals surface area contributed by atoms with Crippen molar-refractivity contribution in [3.63, 3.8) is 0 Å². The first-order chi connectivity index (χ1) is 5.68. The zero-order valence-corrected chi connectivity index (χ0v) is 7.07. The monoisotopic (exact) mass is 187 g/mol. The third-order valence-electron chi connectivity index (χ3n) is 1.17. The topological polar surface area (TPSA) is 85.4 Å². The van der Waals surface area contributed by atoms with Crippen molar-refractivity contribution in [3.05, 3.63) is 24.0 Å². The van der Waals surface area contributed by atoms with Crippen LogP contribution in [0, 0.1) is 0 Å². The first-order valence-corrected chi connectivity index (χ1v) is 4.31. The lowest BCUT2D eigenvalue weighted by Gasteiger charge is -1.93. The van der Waals surface area contributed by atoms with Crippen LogP contribution in [-0.2, 0) is 15.7 Å². The SMILES string of the molecule is Nc1ccc(CO[P+](=O)O)nc1. The molecule has 1 aromatic rings. The molecule has 0 saturated carbocycles. The fraction of sp³-hybridized carbons (Fsp3) is 0.167. The van der Waals surface area contributed by atoms with E-state index < -0.39 is 8.25 Å². The minimum Gasteiger partial charge on any atom is -0.397 e. The zero-order valence-electron chi connectivity index (χ0n) is 6.17. The molecular formula is C6H8N2O3P+. The predicted molar refractivity (Wildman–Crippen MR) is 43.3 cm³/mol. The minimum atomic E-state index is -2.55. The number of anilines is 1. The molecule has 3 N–H and O–H groups in total. The van der Waals surface area contributed by atoms with Crippen LogP contribution in [0.1, 0.15) is 5.69 Å². The molecule has 1 heterocycles. The van der Waals surface area contributed by atoms with Crippen molar-refractivity contribution in [3.8, 4) is 0 Å². The van der Waals surface area contributed by atoms with E-state index in [-0.39, 0.29) is 6.61 Å². The largest absolute Gasteiger partial charge is 0.695 e. The van der Waals surface area contributed by atoms with Gasteiger partial charge in [-0.15, -0.1) is 9.42 Å². The minimum absolute atomic E-state index is 0.0198. The molecule has 0 amide bonds. The van der Waals surface area contributed by atoms with Crippen LogP contribution in [0.4, 0.5) is 5.69 Å². The maximum Gasteiger partial charge on any atom is 0.695 e. The number of rotatable bonds is 3. The van der Waals surface area contributed by atoms with E-state index in [9.17, 15) is 4.57 Å². The Morgan fingerprint density at radius 1 is 1.67 bits per heavy atom. The molecule has 0 aliphatic heterocycles. The Balaban J connectivity index is 2.53. The Labute approximate surface area is 70.1 Å². The normalized spacial score (nSPS) is 11.2. The van der Waals surface area contributed by atoms with Gasteiger partial charge < -0.3 is 5.73 Å². The first kappa shape index (κ1) is 9.06. The van der Waals surface area contributed by atoms with Crippen LogP contribution < -0.4 is 5.73 Å². The van der Waals surface area contributed by atoms with Gasteiger partial charge in [0.15, 0.2) is 0 Å². The summed E-state index contributed by atoms with van der Waals surface area (Å²) >= 11 is 0. The molecule has 0 radical (unpaired) electrons. The number of aromatic nitrogens is 1. The molecule has 0 spiro atoms. The average Bonchev–Trinajstić information content (AvgIpc) is 2.03. The number of pyridine rings is 1. The summed E-state index contributed by atoms with van der Waals surface area (Å²) < 4.78 is 14.5. The molecule has 1 atom stereocenters. The van der Waals surface area contributed by atoms with E-state index in [1.807, 2.05) is 0 Å². The molecular weight excluding hydrogens is 179 g/mol. The molecule has 0 bridgehead atoms. The molecule has 1 unspecified atom stereocenters. The number of nitrogens with two attached hydrogens (primary N) is 1. The van der Waals surface area contributed by atoms with Crippen molar-refractivity contribution in [2.75, 3.05) is 5.73 Å². The molecule has 6 heteroatoms. The molecule has 0 fully saturated rings. The van der Waals surface area contributed by atoms with Gasteiger partial charge in [0.25, 0.3) is 0 Å². The maximum atomic E-state index is 10.1. The van der Waals surface area contributed by atoms with Gasteiger partial charge in [0.1, 0.15) is 6.61 Å². The van der Waals surface area contributed by atoms with Crippen LogP contribution in [0.5, 0.6) is 0 Å². The van der Waals surface area contributed by atoms with Gasteiger partial charge in [0, 0.05) is 4.57 Å². The molecule has 0 aliphatic carbocycles. The van der Waals surface area contributed by atoms with Crippen molar-refractivity contribution in [1.82, 2.24) is 4.98 Å². The van der Waals surface area contributed by atoms with Gasteiger partial charge in [-0.2, -0.15) is 0 Å². The Morgan fingerprint density at radius 3 is 2.92 bits per heavy atom. The summed E-state index contributed by atoms with van der Waals surface area (Å²) in [7, 11) is -2.55. The van der Waals surface area contributed by atoms with E-state index >= 15 is 0 Å². The van der Waals surface area contributed by atoms with E-state index in [0.717, 1.165) is 0 Å². The second kappa shape index (κ2) is 4.11. The summed E-state index contributed by atoms with van der Waals surface area (Å²) in [5.74, 6) is 0. The Morgan fingerprint density at radius 2 is 2.42 bits per heavy atom. The van der Waals surface area contributed by atoms with E-state index in [4.69, 9.17) is 10.6 Å². The van der Waals surface area contributed by atoms with Crippen LogP contribution in [0.3, 0.4) is 0 Å². The number of hydrogen-bond acceptors (Lipinski definition) is 4. The summed E-state index contributed by atoms with van der Waals surface area (Å²) in [5, 5.41) is 0. The predicted octanol–water partition coefficient (Wildman–Crippen LogP) is 0.830. The maximum absolute atomic E-state index is 10.1. The number of nitrogen functional groups attached to an aromatic ring is 1. The highest BCUT2D eigenvalue weighted by molar-refractivity contribution is 7.32. The molecule has 0 saturated heterocycles. The van der Waals surface area contributed by atoms with Crippen molar-refractivity contribution in [2.45, 2.75) is 6.61 Å². The van der Waals surface area contributed by atoms with Crippen molar-refractivity contribution >= 4 is 13.9 Å². The van der Waals surface area contributed by atoms with E-state index in [0.29, 0.717) is 11.4 Å². The van der Waals surface area contributed by atoms with E-state index in [1.54, 1.807) is 12.1 Å². The van der Waals surface area contributed by atoms with Crippen LogP contribution in [0.25, 0.3) is 0 Å². The van der Waals surface area contributed by atoms with Crippen molar-refractivity contribution < 1.29 is 14.0 Å². The summed E-state index contributed by atoms with van der Waals surface area (Å²) in [6.07, 6.45) is 1.46. The van der Waals surface area contributed by atoms with Crippen LogP contribution in [-0.4, -0.2) is 9.88 Å². The quantitative estimate of drug-likeness (QED) is 0.684. The molecule has 1 rings (SSSR count). The molecule has 1 aromatic heterocycles. The van der Waals surface area contributed by atoms with Gasteiger partial charge in [0.2, 0.25) is 0 Å². The zero-order chi connectivity index (χ0) is 8.97. The van der Waals surface area contributed by atoms with Gasteiger partial charge in [0.05, 0.1) is 17.6 Å². The molecule has 12 heavy (non-hydrogen) atoms. The van der Waals surface area contributed by atoms with Gasteiger partial charge >= 0.3 is 8.25 Å². The van der Waals surface area contributed by atoms with Gasteiger partial charge in [-0.25, -0.2) is 0 Å². The third kappa shape index (κ3) is 2.92. The Hall–Kier alpha value is -1.03. The molecule has 0 aliphatic rings. The smallest absolute Gasteiger partial charge is 0.397 e. The second-order valence-electron chi connectivity index (χ2n) is 2.09. The Kier molecular flexibility index (Phi) is 3.10. The molecule has 5 nitrogen and oxygen atoms in total. The molecule has 0 aromatic carbocycles. The highest BCUT2D eigenvalue weighted by Gasteiger charge is 2.11. The van der Waals surface area contributed by atoms with Gasteiger partial charge in [-0.1, -0.05) is 0 Å². The van der Waals surface area contributed by atoms with E-state index in [2.05, 4.69) is 9.51 Å². The Bertz CT molecular complexity index is 275. The lowest BCUT2D eigenvalue weighted by atomic mass is 10.3. The standard InChI is InChI=1S/C6H7N2O3P/c7-5-1-2-6(8-3-5)4-11-12(9)10/h1-3H,4,7H2/p+1. The fourth-order valence-electron chi connectivity index (χ4n) is 0.643. The van der Waals surface area contributed by atoms with Gasteiger partial charge in [-0.3, -0.25) is 4.98 Å². The highest BCUT2D eigenvalue weighted by atomic mass is 31.1. The van der Waals surface area contributed by atoms with Gasteiger partial charge in [-0.05, 0) is 12.1 Å². The number of nitrogens with zero attached hydrogens (tertiary/aromatic N) is 1. The molecule has 64 valence electrons. The van der Waals surface area contributed by atoms with Crippen molar-refractivity contribution in [1.29, 1.82) is 0 Å². The summed E-state index contributed by atoms with van der Waals surface area (Å²) in [4.78, 5) is 12.2. The second-order valence-corrected chi connectivity index (χ2v) is 2.83. The first-order valence-electron chi connectivity index (χ1n) is 3.18. The van der Waals surface area contributed by atoms with Crippen LogP contribution >= 0.6 is 8.25 Å². The fourth-order valence-corrected chi connectivity index (χ4v) is 0.885. The van der Waals surface area contributed by atoms with E-state index in [1.165, 1.54) is 6.20 Å². The lowest BCUT2D eigenvalue weighted by Crippen LogP contribution is -1.92. The summed E-state index contributed by atoms with van der Waals surface area (Å²) in [6, 6.07) is 3.28. The number of hydrogen-bond donors (Lipinski definition) is 2. The van der Waals surface area contributed by atoms with Crippen molar-refractivity contribution in [2.24, 2.45) is 0 Å². The summed E-state index contributed by atoms with van der Waals surface area (Å²) in [6.45, 7) is 0.0198.